The van der Waals surface area contributed by atoms with E-state index < -0.39 is 28.6 Å². The first-order valence-electron chi connectivity index (χ1n) is 3.24. The Balaban J connectivity index is 3.62. The van der Waals surface area contributed by atoms with Gasteiger partial charge in [-0.3, -0.25) is 0 Å². The minimum atomic E-state index is -0.889. The molecule has 14 heavy (non-hydrogen) atoms. The highest BCUT2D eigenvalue weighted by Crippen LogP contribution is 2.48. The molecule has 0 atom stereocenters. The van der Waals surface area contributed by atoms with Crippen molar-refractivity contribution in [1.82, 2.24) is 0 Å². The molecule has 0 aliphatic carbocycles. The van der Waals surface area contributed by atoms with E-state index in [0.29, 0.717) is 0 Å². The summed E-state index contributed by atoms with van der Waals surface area (Å²) in [5.74, 6) is -1.78. The highest BCUT2D eigenvalue weighted by atomic mass is 16.3. The van der Waals surface area contributed by atoms with E-state index in [1.165, 1.54) is 0 Å². The third-order valence-electron chi connectivity index (χ3n) is 1.50. The third-order valence-corrected chi connectivity index (χ3v) is 1.50. The van der Waals surface area contributed by atoms with E-state index in [4.69, 9.17) is 10.2 Å². The van der Waals surface area contributed by atoms with Gasteiger partial charge in [-0.1, -0.05) is 0 Å². The van der Waals surface area contributed by atoms with Gasteiger partial charge in [0.25, 0.3) is 0 Å². The van der Waals surface area contributed by atoms with E-state index in [0.717, 1.165) is 6.07 Å². The second kappa shape index (κ2) is 3.56. The monoisotopic (exact) mass is 197 g/mol. The summed E-state index contributed by atoms with van der Waals surface area (Å²) in [5, 5.41) is 25.1. The first-order chi connectivity index (χ1) is 6.65. The molecule has 0 fully saturated rings. The summed E-state index contributed by atoms with van der Waals surface area (Å²) in [6.07, 6.45) is 0. The van der Waals surface area contributed by atoms with Crippen molar-refractivity contribution in [3.63, 3.8) is 0 Å². The molecule has 0 spiro atoms. The smallest absolute Gasteiger partial charge is 0.195 e. The van der Waals surface area contributed by atoms with Crippen LogP contribution in [0.3, 0.4) is 0 Å². The van der Waals surface area contributed by atoms with Crippen molar-refractivity contribution in [2.45, 2.75) is 0 Å². The van der Waals surface area contributed by atoms with Gasteiger partial charge in [0, 0.05) is 6.07 Å². The van der Waals surface area contributed by atoms with E-state index in [9.17, 15) is 14.7 Å². The largest absolute Gasteiger partial charge is 0.504 e. The van der Waals surface area contributed by atoms with Crippen LogP contribution in [0.2, 0.25) is 0 Å². The summed E-state index contributed by atoms with van der Waals surface area (Å²) in [4.78, 5) is 30.3. The van der Waals surface area contributed by atoms with Crippen LogP contribution in [0.25, 0.3) is 0 Å². The van der Waals surface area contributed by atoms with Crippen LogP contribution < -0.4 is 0 Å². The van der Waals surface area contributed by atoms with Crippen LogP contribution in [0.4, 0.5) is 17.1 Å². The number of phenols is 2. The van der Waals surface area contributed by atoms with E-state index >= 15 is 0 Å². The molecule has 72 valence electrons. The quantitative estimate of drug-likeness (QED) is 0.718. The van der Waals surface area contributed by atoms with Crippen molar-refractivity contribution in [1.29, 1.82) is 0 Å². The molecule has 0 saturated carbocycles. The molecule has 0 amide bonds. The van der Waals surface area contributed by atoms with Gasteiger partial charge >= 0.3 is 0 Å². The highest BCUT2D eigenvalue weighted by Gasteiger charge is 2.19. The number of nitroso groups, excluding NO2 is 3. The van der Waals surface area contributed by atoms with Crippen LogP contribution in [-0.4, -0.2) is 10.2 Å². The number of hydrogen-bond acceptors (Lipinski definition) is 8. The van der Waals surface area contributed by atoms with Crippen LogP contribution in [-0.2, 0) is 0 Å². The van der Waals surface area contributed by atoms with Crippen LogP contribution in [0, 0.1) is 14.7 Å². The molecule has 8 nitrogen and oxygen atoms in total. The summed E-state index contributed by atoms with van der Waals surface area (Å²) in [5.41, 5.74) is -2.02. The average molecular weight is 197 g/mol. The fourth-order valence-electron chi connectivity index (χ4n) is 0.847. The molecular weight excluding hydrogens is 194 g/mol. The molecule has 0 unspecified atom stereocenters. The van der Waals surface area contributed by atoms with Crippen molar-refractivity contribution < 1.29 is 10.2 Å². The van der Waals surface area contributed by atoms with Crippen molar-refractivity contribution in [2.24, 2.45) is 15.5 Å². The molecular formula is C6H3N3O5. The van der Waals surface area contributed by atoms with Gasteiger partial charge in [-0.2, -0.15) is 0 Å². The molecule has 0 aliphatic rings. The summed E-state index contributed by atoms with van der Waals surface area (Å²) in [7, 11) is 0. The van der Waals surface area contributed by atoms with Crippen molar-refractivity contribution in [3.8, 4) is 11.5 Å². The van der Waals surface area contributed by atoms with Crippen LogP contribution in [0.1, 0.15) is 0 Å². The zero-order chi connectivity index (χ0) is 10.7. The predicted octanol–water partition coefficient (Wildman–Crippen LogP) is 2.29. The van der Waals surface area contributed by atoms with E-state index in [-0.39, 0.29) is 0 Å². The predicted molar refractivity (Wildman–Crippen MR) is 46.1 cm³/mol. The Morgan fingerprint density at radius 1 is 0.857 bits per heavy atom. The maximum Gasteiger partial charge on any atom is 0.195 e. The lowest BCUT2D eigenvalue weighted by molar-refractivity contribution is 0.455. The molecule has 1 aromatic rings. The molecule has 0 aromatic heterocycles. The molecule has 8 heteroatoms. The minimum Gasteiger partial charge on any atom is -0.504 e. The van der Waals surface area contributed by atoms with E-state index in [1.807, 2.05) is 0 Å². The SMILES string of the molecule is O=Nc1cc(N=O)c(O)c(N=O)c1O. The number of hydrogen-bond donors (Lipinski definition) is 2. The zero-order valence-electron chi connectivity index (χ0n) is 6.54. The molecule has 0 bridgehead atoms. The van der Waals surface area contributed by atoms with Crippen LogP contribution >= 0.6 is 0 Å². The number of phenolic OH excluding ortho intramolecular Hbond substituents is 2. The van der Waals surface area contributed by atoms with Gasteiger partial charge in [0.15, 0.2) is 28.6 Å². The molecule has 2 N–H and O–H groups in total. The van der Waals surface area contributed by atoms with Gasteiger partial charge in [0.1, 0.15) is 0 Å². The second-order valence-corrected chi connectivity index (χ2v) is 2.23. The third kappa shape index (κ3) is 1.28. The Labute approximate surface area is 76.1 Å². The van der Waals surface area contributed by atoms with Crippen molar-refractivity contribution in [2.75, 3.05) is 0 Å². The molecule has 1 rings (SSSR count). The Morgan fingerprint density at radius 2 is 1.29 bits per heavy atom. The van der Waals surface area contributed by atoms with Crippen molar-refractivity contribution in [3.05, 3.63) is 20.8 Å². The first-order valence-corrected chi connectivity index (χ1v) is 3.24. The topological polar surface area (TPSA) is 129 Å². The fourth-order valence-corrected chi connectivity index (χ4v) is 0.847. The Hall–Kier alpha value is -2.38. The Kier molecular flexibility index (Phi) is 2.47. The lowest BCUT2D eigenvalue weighted by Crippen LogP contribution is -1.74. The normalized spacial score (nSPS) is 9.43. The fraction of sp³-hybridized carbons (Fsp3) is 0. The average Bonchev–Trinajstić information content (AvgIpc) is 2.19. The van der Waals surface area contributed by atoms with Crippen molar-refractivity contribution >= 4 is 17.1 Å². The molecule has 0 heterocycles. The maximum atomic E-state index is 10.1. The van der Waals surface area contributed by atoms with E-state index in [2.05, 4.69) is 15.5 Å². The molecule has 0 aliphatic heterocycles. The number of benzene rings is 1. The maximum absolute atomic E-state index is 10.1. The van der Waals surface area contributed by atoms with Crippen LogP contribution in [0.15, 0.2) is 21.6 Å². The highest BCUT2D eigenvalue weighted by molar-refractivity contribution is 5.79. The molecule has 0 radical (unpaired) electrons. The summed E-state index contributed by atoms with van der Waals surface area (Å²) < 4.78 is 0. The summed E-state index contributed by atoms with van der Waals surface area (Å²) >= 11 is 0. The van der Waals surface area contributed by atoms with Gasteiger partial charge in [-0.15, -0.1) is 14.7 Å². The number of aromatic hydroxyl groups is 2. The minimum absolute atomic E-state index is 0.591. The van der Waals surface area contributed by atoms with Gasteiger partial charge in [-0.25, -0.2) is 0 Å². The standard InChI is InChI=1S/C6H3N3O5/c10-5-2(7-12)1-3(8-13)6(11)4(5)9-14/h1,10-11H. The van der Waals surface area contributed by atoms with Crippen LogP contribution in [0.5, 0.6) is 11.5 Å². The number of nitrogens with zero attached hydrogens (tertiary/aromatic N) is 3. The molecule has 1 aromatic carbocycles. The van der Waals surface area contributed by atoms with Gasteiger partial charge in [0.05, 0.1) is 0 Å². The second-order valence-electron chi connectivity index (χ2n) is 2.23. The zero-order valence-corrected chi connectivity index (χ0v) is 6.54. The molecule has 0 saturated heterocycles. The van der Waals surface area contributed by atoms with Gasteiger partial charge in [-0.05, 0) is 15.5 Å². The lowest BCUT2D eigenvalue weighted by atomic mass is 10.2. The Bertz CT molecular complexity index is 384. The lowest BCUT2D eigenvalue weighted by Gasteiger charge is -2.02. The van der Waals surface area contributed by atoms with Gasteiger partial charge < -0.3 is 10.2 Å². The summed E-state index contributed by atoms with van der Waals surface area (Å²) in [6.45, 7) is 0. The number of rotatable bonds is 3. The summed E-state index contributed by atoms with van der Waals surface area (Å²) in [6, 6.07) is 0.735. The van der Waals surface area contributed by atoms with E-state index in [1.54, 1.807) is 0 Å². The van der Waals surface area contributed by atoms with Gasteiger partial charge in [0.2, 0.25) is 0 Å². The first kappa shape index (κ1) is 9.71. The Morgan fingerprint density at radius 3 is 1.57 bits per heavy atom.